The normalized spacial score (nSPS) is 11.5. The standard InChI is InChI=1S/C12H17NO5S/c1-10-3-5-11(6-4-10)18-8-7-13(2)19(16,17)9-12(14)15/h3-6H,7-9H2,1-2H3,(H,14,15). The van der Waals surface area contributed by atoms with Crippen LogP contribution < -0.4 is 4.74 Å². The van der Waals surface area contributed by atoms with Gasteiger partial charge in [0.2, 0.25) is 10.0 Å². The van der Waals surface area contributed by atoms with Crippen molar-refractivity contribution < 1.29 is 23.1 Å². The smallest absolute Gasteiger partial charge is 0.320 e. The zero-order valence-electron chi connectivity index (χ0n) is 10.9. The molecule has 0 saturated carbocycles. The third-order valence-electron chi connectivity index (χ3n) is 2.48. The summed E-state index contributed by atoms with van der Waals surface area (Å²) < 4.78 is 29.4. The Balaban J connectivity index is 2.44. The molecular weight excluding hydrogens is 270 g/mol. The van der Waals surface area contributed by atoms with Gasteiger partial charge in [-0.05, 0) is 19.1 Å². The number of benzene rings is 1. The highest BCUT2D eigenvalue weighted by Gasteiger charge is 2.21. The van der Waals surface area contributed by atoms with Gasteiger partial charge in [-0.25, -0.2) is 12.7 Å². The molecule has 0 heterocycles. The topological polar surface area (TPSA) is 83.9 Å². The molecule has 1 rings (SSSR count). The van der Waals surface area contributed by atoms with Gasteiger partial charge in [0, 0.05) is 13.6 Å². The van der Waals surface area contributed by atoms with Crippen LogP contribution in [0, 0.1) is 6.92 Å². The number of likely N-dealkylation sites (N-methyl/N-ethyl adjacent to an activating group) is 1. The summed E-state index contributed by atoms with van der Waals surface area (Å²) in [4.78, 5) is 10.4. The highest BCUT2D eigenvalue weighted by molar-refractivity contribution is 7.89. The number of carbonyl (C=O) groups is 1. The number of ether oxygens (including phenoxy) is 1. The van der Waals surface area contributed by atoms with E-state index in [4.69, 9.17) is 9.84 Å². The molecule has 0 saturated heterocycles. The molecule has 1 aromatic carbocycles. The van der Waals surface area contributed by atoms with Crippen molar-refractivity contribution in [2.24, 2.45) is 0 Å². The Labute approximate surface area is 112 Å². The first kappa shape index (κ1) is 15.5. The van der Waals surface area contributed by atoms with E-state index >= 15 is 0 Å². The number of carboxylic acid groups (broad SMARTS) is 1. The zero-order valence-corrected chi connectivity index (χ0v) is 11.7. The Morgan fingerprint density at radius 2 is 1.89 bits per heavy atom. The third kappa shape index (κ3) is 5.27. The minimum Gasteiger partial charge on any atom is -0.492 e. The molecule has 0 amide bonds. The molecule has 0 bridgehead atoms. The number of aliphatic carboxylic acids is 1. The van der Waals surface area contributed by atoms with Crippen LogP contribution in [0.2, 0.25) is 0 Å². The van der Waals surface area contributed by atoms with Gasteiger partial charge in [-0.3, -0.25) is 4.79 Å². The number of aryl methyl sites for hydroxylation is 1. The molecule has 0 aliphatic rings. The van der Waals surface area contributed by atoms with Crippen molar-refractivity contribution in [2.45, 2.75) is 6.92 Å². The van der Waals surface area contributed by atoms with E-state index in [2.05, 4.69) is 0 Å². The van der Waals surface area contributed by atoms with Crippen LogP contribution in [0.15, 0.2) is 24.3 Å². The van der Waals surface area contributed by atoms with Gasteiger partial charge in [0.05, 0.1) is 0 Å². The summed E-state index contributed by atoms with van der Waals surface area (Å²) in [5, 5.41) is 8.49. The van der Waals surface area contributed by atoms with E-state index in [0.29, 0.717) is 5.75 Å². The number of rotatable bonds is 7. The fraction of sp³-hybridized carbons (Fsp3) is 0.417. The van der Waals surface area contributed by atoms with Crippen molar-refractivity contribution in [1.82, 2.24) is 4.31 Å². The summed E-state index contributed by atoms with van der Waals surface area (Å²) in [7, 11) is -2.44. The van der Waals surface area contributed by atoms with E-state index in [-0.39, 0.29) is 13.2 Å². The average molecular weight is 287 g/mol. The molecule has 106 valence electrons. The summed E-state index contributed by atoms with van der Waals surface area (Å²) in [6, 6.07) is 7.36. The summed E-state index contributed by atoms with van der Waals surface area (Å²) in [6.07, 6.45) is 0. The molecular formula is C12H17NO5S. The first-order valence-corrected chi connectivity index (χ1v) is 7.27. The van der Waals surface area contributed by atoms with Crippen molar-refractivity contribution in [2.75, 3.05) is 26.0 Å². The fourth-order valence-corrected chi connectivity index (χ4v) is 2.22. The molecule has 0 radical (unpaired) electrons. The number of sulfonamides is 1. The SMILES string of the molecule is Cc1ccc(OCCN(C)S(=O)(=O)CC(=O)O)cc1. The second kappa shape index (κ2) is 6.53. The van der Waals surface area contributed by atoms with Crippen molar-refractivity contribution in [1.29, 1.82) is 0 Å². The number of carboxylic acids is 1. The lowest BCUT2D eigenvalue weighted by Gasteiger charge is -2.16. The monoisotopic (exact) mass is 287 g/mol. The van der Waals surface area contributed by atoms with Crippen molar-refractivity contribution >= 4 is 16.0 Å². The van der Waals surface area contributed by atoms with Crippen LogP contribution in [-0.2, 0) is 14.8 Å². The Bertz CT molecular complexity index is 524. The molecule has 1 N–H and O–H groups in total. The quantitative estimate of drug-likeness (QED) is 0.799. The summed E-state index contributed by atoms with van der Waals surface area (Å²) in [5.74, 6) is -1.63. The van der Waals surface area contributed by atoms with Crippen LogP contribution in [-0.4, -0.2) is 49.8 Å². The van der Waals surface area contributed by atoms with Gasteiger partial charge in [-0.1, -0.05) is 17.7 Å². The molecule has 0 unspecified atom stereocenters. The van der Waals surface area contributed by atoms with Gasteiger partial charge in [0.25, 0.3) is 0 Å². The first-order valence-electron chi connectivity index (χ1n) is 5.66. The lowest BCUT2D eigenvalue weighted by molar-refractivity contribution is -0.134. The van der Waals surface area contributed by atoms with E-state index in [1.807, 2.05) is 19.1 Å². The fourth-order valence-electron chi connectivity index (χ4n) is 1.33. The highest BCUT2D eigenvalue weighted by Crippen LogP contribution is 2.11. The summed E-state index contributed by atoms with van der Waals surface area (Å²) in [5.41, 5.74) is 1.11. The Morgan fingerprint density at radius 3 is 2.42 bits per heavy atom. The van der Waals surface area contributed by atoms with Crippen molar-refractivity contribution in [3.05, 3.63) is 29.8 Å². The first-order chi connectivity index (χ1) is 8.81. The van der Waals surface area contributed by atoms with Crippen LogP contribution in [0.25, 0.3) is 0 Å². The molecule has 19 heavy (non-hydrogen) atoms. The maximum absolute atomic E-state index is 11.5. The van der Waals surface area contributed by atoms with E-state index < -0.39 is 21.7 Å². The van der Waals surface area contributed by atoms with Gasteiger partial charge in [0.1, 0.15) is 12.4 Å². The minimum absolute atomic E-state index is 0.101. The zero-order chi connectivity index (χ0) is 14.5. The predicted octanol–water partition coefficient (Wildman–Crippen LogP) is 0.720. The van der Waals surface area contributed by atoms with Crippen LogP contribution >= 0.6 is 0 Å². The largest absolute Gasteiger partial charge is 0.492 e. The van der Waals surface area contributed by atoms with Gasteiger partial charge in [-0.15, -0.1) is 0 Å². The Morgan fingerprint density at radius 1 is 1.32 bits per heavy atom. The van der Waals surface area contributed by atoms with Gasteiger partial charge >= 0.3 is 5.97 Å². The molecule has 0 aliphatic carbocycles. The Kier molecular flexibility index (Phi) is 5.31. The van der Waals surface area contributed by atoms with Crippen LogP contribution in [0.5, 0.6) is 5.75 Å². The highest BCUT2D eigenvalue weighted by atomic mass is 32.2. The lowest BCUT2D eigenvalue weighted by Crippen LogP contribution is -2.35. The lowest BCUT2D eigenvalue weighted by atomic mass is 10.2. The summed E-state index contributed by atoms with van der Waals surface area (Å²) >= 11 is 0. The predicted molar refractivity (Wildman–Crippen MR) is 70.7 cm³/mol. The van der Waals surface area contributed by atoms with Crippen LogP contribution in [0.3, 0.4) is 0 Å². The molecule has 0 fully saturated rings. The molecule has 1 aromatic rings. The van der Waals surface area contributed by atoms with Gasteiger partial charge in [0.15, 0.2) is 5.75 Å². The minimum atomic E-state index is -3.77. The Hall–Kier alpha value is -1.60. The molecule has 6 nitrogen and oxygen atoms in total. The van der Waals surface area contributed by atoms with E-state index in [9.17, 15) is 13.2 Å². The van der Waals surface area contributed by atoms with E-state index in [1.54, 1.807) is 12.1 Å². The number of hydrogen-bond donors (Lipinski definition) is 1. The number of hydrogen-bond acceptors (Lipinski definition) is 4. The molecule has 0 atom stereocenters. The van der Waals surface area contributed by atoms with Crippen molar-refractivity contribution in [3.63, 3.8) is 0 Å². The second-order valence-corrected chi connectivity index (χ2v) is 6.21. The maximum Gasteiger partial charge on any atom is 0.320 e. The maximum atomic E-state index is 11.5. The average Bonchev–Trinajstić information content (AvgIpc) is 2.30. The van der Waals surface area contributed by atoms with E-state index in [0.717, 1.165) is 9.87 Å². The second-order valence-electron chi connectivity index (χ2n) is 4.13. The van der Waals surface area contributed by atoms with E-state index in [1.165, 1.54) is 7.05 Å². The molecule has 0 aromatic heterocycles. The van der Waals surface area contributed by atoms with Gasteiger partial charge in [-0.2, -0.15) is 0 Å². The molecule has 0 spiro atoms. The summed E-state index contributed by atoms with van der Waals surface area (Å²) in [6.45, 7) is 2.22. The third-order valence-corrected chi connectivity index (χ3v) is 4.22. The van der Waals surface area contributed by atoms with Crippen molar-refractivity contribution in [3.8, 4) is 5.75 Å². The van der Waals surface area contributed by atoms with Crippen LogP contribution in [0.1, 0.15) is 5.56 Å². The number of nitrogens with zero attached hydrogens (tertiary/aromatic N) is 1. The molecule has 7 heteroatoms. The van der Waals surface area contributed by atoms with Crippen LogP contribution in [0.4, 0.5) is 0 Å². The molecule has 0 aliphatic heterocycles. The van der Waals surface area contributed by atoms with Gasteiger partial charge < -0.3 is 9.84 Å².